The molecule has 0 spiro atoms. The summed E-state index contributed by atoms with van der Waals surface area (Å²) in [5.41, 5.74) is 1.30. The summed E-state index contributed by atoms with van der Waals surface area (Å²) in [7, 11) is 6.24. The molecular weight excluding hydrogens is 406 g/mol. The Labute approximate surface area is 175 Å². The maximum Gasteiger partial charge on any atom is 0.291 e. The molecule has 2 heterocycles. The van der Waals surface area contributed by atoms with E-state index in [4.69, 9.17) is 18.9 Å². The van der Waals surface area contributed by atoms with Gasteiger partial charge in [0.2, 0.25) is 10.7 Å². The van der Waals surface area contributed by atoms with E-state index in [2.05, 4.69) is 10.1 Å². The van der Waals surface area contributed by atoms with Gasteiger partial charge in [0.1, 0.15) is 5.75 Å². The van der Waals surface area contributed by atoms with Crippen LogP contribution < -0.4 is 29.0 Å². The number of hydrogen-bond donors (Lipinski definition) is 0. The van der Waals surface area contributed by atoms with Crippen LogP contribution in [0.1, 0.15) is 5.56 Å². The first-order valence-corrected chi connectivity index (χ1v) is 9.75. The molecule has 0 unspecified atom stereocenters. The van der Waals surface area contributed by atoms with Gasteiger partial charge in [0.15, 0.2) is 17.3 Å². The Morgan fingerprint density at radius 2 is 1.60 bits per heavy atom. The highest BCUT2D eigenvalue weighted by atomic mass is 32.1. The zero-order valence-electron chi connectivity index (χ0n) is 16.8. The van der Waals surface area contributed by atoms with Crippen molar-refractivity contribution in [1.82, 2.24) is 14.6 Å². The maximum atomic E-state index is 12.8. The summed E-state index contributed by atoms with van der Waals surface area (Å²) >= 11 is 1.26. The van der Waals surface area contributed by atoms with Crippen molar-refractivity contribution >= 4 is 22.4 Å². The Balaban J connectivity index is 1.77. The van der Waals surface area contributed by atoms with Crippen molar-refractivity contribution in [2.24, 2.45) is 0 Å². The number of aromatic nitrogens is 3. The van der Waals surface area contributed by atoms with Gasteiger partial charge in [-0.3, -0.25) is 4.79 Å². The Morgan fingerprint density at radius 3 is 2.13 bits per heavy atom. The second-order valence-corrected chi connectivity index (χ2v) is 7.24. The smallest absolute Gasteiger partial charge is 0.291 e. The van der Waals surface area contributed by atoms with Crippen LogP contribution >= 0.6 is 11.3 Å². The van der Waals surface area contributed by atoms with Gasteiger partial charge in [-0.25, -0.2) is 0 Å². The normalized spacial score (nSPS) is 11.7. The van der Waals surface area contributed by atoms with Crippen LogP contribution in [-0.2, 0) is 0 Å². The minimum Gasteiger partial charge on any atom is -0.497 e. The SMILES string of the molecule is COc1ccc(-c2nc3sc(=Cc4cc(OC)c(OC)c(OC)c4)c(=O)n3n2)cc1. The molecule has 0 fully saturated rings. The molecule has 0 amide bonds. The van der Waals surface area contributed by atoms with Crippen LogP contribution in [0.2, 0.25) is 0 Å². The van der Waals surface area contributed by atoms with Gasteiger partial charge >= 0.3 is 0 Å². The molecule has 0 atom stereocenters. The number of rotatable bonds is 6. The van der Waals surface area contributed by atoms with E-state index in [-0.39, 0.29) is 5.56 Å². The molecule has 0 aliphatic rings. The standard InChI is InChI=1S/C21H19N3O5S/c1-26-14-7-5-13(6-8-14)19-22-21-24(23-19)20(25)17(30-21)11-12-9-15(27-2)18(29-4)16(10-12)28-3/h5-11H,1-4H3. The highest BCUT2D eigenvalue weighted by molar-refractivity contribution is 7.15. The largest absolute Gasteiger partial charge is 0.497 e. The molecule has 4 rings (SSSR count). The molecular formula is C21H19N3O5S. The van der Waals surface area contributed by atoms with Gasteiger partial charge < -0.3 is 18.9 Å². The Hall–Kier alpha value is -3.59. The highest BCUT2D eigenvalue weighted by Gasteiger charge is 2.15. The van der Waals surface area contributed by atoms with E-state index in [0.717, 1.165) is 16.9 Å². The highest BCUT2D eigenvalue weighted by Crippen LogP contribution is 2.38. The summed E-state index contributed by atoms with van der Waals surface area (Å²) < 4.78 is 23.1. The van der Waals surface area contributed by atoms with E-state index in [1.54, 1.807) is 46.6 Å². The number of nitrogens with zero attached hydrogens (tertiary/aromatic N) is 3. The number of benzene rings is 2. The third-order valence-electron chi connectivity index (χ3n) is 4.51. The molecule has 30 heavy (non-hydrogen) atoms. The first-order valence-electron chi connectivity index (χ1n) is 8.93. The molecule has 4 aromatic rings. The van der Waals surface area contributed by atoms with Crippen molar-refractivity contribution in [3.8, 4) is 34.4 Å². The van der Waals surface area contributed by atoms with Gasteiger partial charge in [0, 0.05) is 5.56 Å². The lowest BCUT2D eigenvalue weighted by Crippen LogP contribution is -2.23. The number of fused-ring (bicyclic) bond motifs is 1. The van der Waals surface area contributed by atoms with E-state index in [1.807, 2.05) is 24.3 Å². The van der Waals surface area contributed by atoms with Crippen LogP contribution in [0.15, 0.2) is 41.2 Å². The van der Waals surface area contributed by atoms with Crippen molar-refractivity contribution in [2.45, 2.75) is 0 Å². The van der Waals surface area contributed by atoms with Gasteiger partial charge in [-0.2, -0.15) is 9.50 Å². The van der Waals surface area contributed by atoms with Crippen molar-refractivity contribution in [1.29, 1.82) is 0 Å². The molecule has 0 aliphatic heterocycles. The van der Waals surface area contributed by atoms with Crippen LogP contribution in [0.5, 0.6) is 23.0 Å². The maximum absolute atomic E-state index is 12.8. The Kier molecular flexibility index (Phi) is 5.28. The van der Waals surface area contributed by atoms with E-state index in [0.29, 0.717) is 32.6 Å². The molecule has 2 aromatic heterocycles. The molecule has 9 heteroatoms. The van der Waals surface area contributed by atoms with Crippen molar-refractivity contribution in [3.05, 3.63) is 56.8 Å². The van der Waals surface area contributed by atoms with Crippen molar-refractivity contribution < 1.29 is 18.9 Å². The molecule has 0 radical (unpaired) electrons. The summed E-state index contributed by atoms with van der Waals surface area (Å²) in [6.45, 7) is 0. The van der Waals surface area contributed by atoms with Crippen molar-refractivity contribution in [3.63, 3.8) is 0 Å². The van der Waals surface area contributed by atoms with Crippen LogP contribution in [0.3, 0.4) is 0 Å². The van der Waals surface area contributed by atoms with E-state index >= 15 is 0 Å². The molecule has 0 N–H and O–H groups in total. The lowest BCUT2D eigenvalue weighted by molar-refractivity contribution is 0.324. The third-order valence-corrected chi connectivity index (χ3v) is 5.47. The predicted molar refractivity (Wildman–Crippen MR) is 114 cm³/mol. The predicted octanol–water partition coefficient (Wildman–Crippen LogP) is 2.40. The fourth-order valence-corrected chi connectivity index (χ4v) is 3.94. The van der Waals surface area contributed by atoms with Crippen LogP contribution in [0.4, 0.5) is 0 Å². The van der Waals surface area contributed by atoms with Gasteiger partial charge in [0.25, 0.3) is 5.56 Å². The van der Waals surface area contributed by atoms with Gasteiger partial charge in [0.05, 0.1) is 33.0 Å². The van der Waals surface area contributed by atoms with Gasteiger partial charge in [-0.05, 0) is 48.0 Å². The second-order valence-electron chi connectivity index (χ2n) is 6.23. The first kappa shape index (κ1) is 19.7. The van der Waals surface area contributed by atoms with Crippen LogP contribution in [0, 0.1) is 0 Å². The average molecular weight is 425 g/mol. The summed E-state index contributed by atoms with van der Waals surface area (Å²) in [6.07, 6.45) is 1.75. The fraction of sp³-hybridized carbons (Fsp3) is 0.190. The number of ether oxygens (including phenoxy) is 4. The average Bonchev–Trinajstić information content (AvgIpc) is 3.32. The number of thiazole rings is 1. The molecule has 0 saturated carbocycles. The molecule has 0 saturated heterocycles. The minimum atomic E-state index is -0.240. The third kappa shape index (κ3) is 3.43. The van der Waals surface area contributed by atoms with Crippen molar-refractivity contribution in [2.75, 3.05) is 28.4 Å². The molecule has 154 valence electrons. The molecule has 8 nitrogen and oxygen atoms in total. The lowest BCUT2D eigenvalue weighted by Gasteiger charge is -2.12. The summed E-state index contributed by atoms with van der Waals surface area (Å²) in [5, 5.41) is 4.37. The zero-order valence-corrected chi connectivity index (χ0v) is 17.6. The van der Waals surface area contributed by atoms with Gasteiger partial charge in [-0.1, -0.05) is 11.3 Å². The van der Waals surface area contributed by atoms with Gasteiger partial charge in [-0.15, -0.1) is 5.10 Å². The second kappa shape index (κ2) is 8.03. The number of hydrogen-bond acceptors (Lipinski definition) is 8. The van der Waals surface area contributed by atoms with Crippen LogP contribution in [-0.4, -0.2) is 43.0 Å². The quantitative estimate of drug-likeness (QED) is 0.469. The molecule has 0 aliphatic carbocycles. The first-order chi connectivity index (χ1) is 14.6. The van der Waals surface area contributed by atoms with E-state index in [1.165, 1.54) is 15.9 Å². The Morgan fingerprint density at radius 1 is 0.933 bits per heavy atom. The minimum absolute atomic E-state index is 0.240. The summed E-state index contributed by atoms with van der Waals surface area (Å²) in [5.74, 6) is 2.74. The topological polar surface area (TPSA) is 84.2 Å². The monoisotopic (exact) mass is 425 g/mol. The fourth-order valence-electron chi connectivity index (χ4n) is 3.03. The van der Waals surface area contributed by atoms with E-state index < -0.39 is 0 Å². The lowest BCUT2D eigenvalue weighted by atomic mass is 10.1. The Bertz CT molecular complexity index is 1290. The number of methoxy groups -OCH3 is 4. The van der Waals surface area contributed by atoms with E-state index in [9.17, 15) is 4.79 Å². The zero-order chi connectivity index (χ0) is 21.3. The molecule has 2 aromatic carbocycles. The summed E-state index contributed by atoms with van der Waals surface area (Å²) in [4.78, 5) is 17.9. The molecule has 0 bridgehead atoms. The van der Waals surface area contributed by atoms with Crippen LogP contribution in [0.25, 0.3) is 22.4 Å². The summed E-state index contributed by atoms with van der Waals surface area (Å²) in [6, 6.07) is 10.9.